The Labute approximate surface area is 90.9 Å². The molecule has 0 fully saturated rings. The molecule has 0 saturated heterocycles. The minimum atomic E-state index is -0.799. The van der Waals surface area contributed by atoms with Crippen LogP contribution in [0.25, 0.3) is 0 Å². The molecule has 0 aromatic carbocycles. The van der Waals surface area contributed by atoms with Crippen molar-refractivity contribution in [3.05, 3.63) is 0 Å². The summed E-state index contributed by atoms with van der Waals surface area (Å²) in [6, 6.07) is 0.147. The van der Waals surface area contributed by atoms with E-state index < -0.39 is 5.54 Å². The van der Waals surface area contributed by atoms with Crippen LogP contribution in [0.4, 0.5) is 0 Å². The van der Waals surface area contributed by atoms with Gasteiger partial charge in [-0.25, -0.2) is 0 Å². The largest absolute Gasteiger partial charge is 0.394 e. The highest BCUT2D eigenvalue weighted by Crippen LogP contribution is 1.99. The van der Waals surface area contributed by atoms with E-state index in [2.05, 4.69) is 10.6 Å². The van der Waals surface area contributed by atoms with E-state index in [1.807, 2.05) is 13.8 Å². The molecule has 0 spiro atoms. The van der Waals surface area contributed by atoms with Crippen molar-refractivity contribution in [1.29, 1.82) is 0 Å². The van der Waals surface area contributed by atoms with Crippen LogP contribution in [0, 0.1) is 0 Å². The van der Waals surface area contributed by atoms with Crippen LogP contribution in [0.15, 0.2) is 0 Å². The number of rotatable bonds is 7. The average molecular weight is 218 g/mol. The number of aliphatic hydroxyl groups excluding tert-OH is 2. The van der Waals surface area contributed by atoms with E-state index in [0.717, 1.165) is 6.42 Å². The summed E-state index contributed by atoms with van der Waals surface area (Å²) in [6.07, 6.45) is 0.878. The van der Waals surface area contributed by atoms with Gasteiger partial charge in [-0.1, -0.05) is 6.92 Å². The third-order valence-electron chi connectivity index (χ3n) is 2.39. The molecule has 0 aliphatic carbocycles. The topological polar surface area (TPSA) is 81.6 Å². The van der Waals surface area contributed by atoms with E-state index in [-0.39, 0.29) is 31.7 Å². The molecule has 0 aliphatic heterocycles. The molecule has 15 heavy (non-hydrogen) atoms. The molecule has 1 atom stereocenters. The van der Waals surface area contributed by atoms with Crippen molar-refractivity contribution in [3.63, 3.8) is 0 Å². The van der Waals surface area contributed by atoms with Gasteiger partial charge < -0.3 is 15.5 Å². The number of carbonyl (C=O) groups is 1. The fraction of sp³-hybridized carbons (Fsp3) is 0.900. The lowest BCUT2D eigenvalue weighted by molar-refractivity contribution is -0.121. The minimum Gasteiger partial charge on any atom is -0.394 e. The second-order valence-corrected chi connectivity index (χ2v) is 4.11. The molecule has 0 aromatic rings. The van der Waals surface area contributed by atoms with Crippen molar-refractivity contribution in [1.82, 2.24) is 10.6 Å². The second kappa shape index (κ2) is 6.76. The molecule has 1 unspecified atom stereocenters. The first-order valence-corrected chi connectivity index (χ1v) is 5.23. The normalized spacial score (nSPS) is 13.7. The van der Waals surface area contributed by atoms with Gasteiger partial charge in [0.2, 0.25) is 5.91 Å². The van der Waals surface area contributed by atoms with Gasteiger partial charge in [0.25, 0.3) is 0 Å². The van der Waals surface area contributed by atoms with Gasteiger partial charge in [0, 0.05) is 6.04 Å². The van der Waals surface area contributed by atoms with Crippen LogP contribution >= 0.6 is 0 Å². The van der Waals surface area contributed by atoms with E-state index >= 15 is 0 Å². The Kier molecular flexibility index (Phi) is 6.47. The highest BCUT2D eigenvalue weighted by atomic mass is 16.3. The average Bonchev–Trinajstić information content (AvgIpc) is 2.25. The van der Waals surface area contributed by atoms with Gasteiger partial charge in [0.05, 0.1) is 25.3 Å². The van der Waals surface area contributed by atoms with Crippen LogP contribution in [-0.2, 0) is 4.79 Å². The number of hydrogen-bond acceptors (Lipinski definition) is 4. The van der Waals surface area contributed by atoms with Crippen molar-refractivity contribution in [2.75, 3.05) is 19.8 Å². The van der Waals surface area contributed by atoms with Gasteiger partial charge in [-0.05, 0) is 20.3 Å². The third kappa shape index (κ3) is 5.71. The predicted octanol–water partition coefficient (Wildman–Crippen LogP) is -0.766. The Hall–Kier alpha value is -0.650. The Bertz CT molecular complexity index is 193. The quantitative estimate of drug-likeness (QED) is 0.452. The molecule has 5 nitrogen and oxygen atoms in total. The van der Waals surface area contributed by atoms with Crippen LogP contribution in [0.5, 0.6) is 0 Å². The van der Waals surface area contributed by atoms with Crippen LogP contribution < -0.4 is 10.6 Å². The molecule has 0 aliphatic rings. The molecule has 0 aromatic heterocycles. The fourth-order valence-corrected chi connectivity index (χ4v) is 0.883. The van der Waals surface area contributed by atoms with Crippen molar-refractivity contribution in [2.24, 2.45) is 0 Å². The lowest BCUT2D eigenvalue weighted by Crippen LogP contribution is -2.53. The first-order valence-electron chi connectivity index (χ1n) is 5.23. The van der Waals surface area contributed by atoms with Gasteiger partial charge in [-0.15, -0.1) is 0 Å². The molecule has 1 amide bonds. The van der Waals surface area contributed by atoms with Gasteiger partial charge in [0.1, 0.15) is 0 Å². The molecular formula is C10H22N2O3. The van der Waals surface area contributed by atoms with E-state index in [1.54, 1.807) is 6.92 Å². The minimum absolute atomic E-state index is 0.0992. The standard InChI is InChI=1S/C10H22N2O3/c1-4-8(2)12-9(15)5-11-10(3,6-13)7-14/h8,11,13-14H,4-7H2,1-3H3,(H,12,15). The summed E-state index contributed by atoms with van der Waals surface area (Å²) in [7, 11) is 0. The maximum Gasteiger partial charge on any atom is 0.234 e. The Balaban J connectivity index is 3.89. The highest BCUT2D eigenvalue weighted by Gasteiger charge is 2.22. The molecule has 4 N–H and O–H groups in total. The third-order valence-corrected chi connectivity index (χ3v) is 2.39. The summed E-state index contributed by atoms with van der Waals surface area (Å²) in [4.78, 5) is 11.4. The molecule has 0 bridgehead atoms. The van der Waals surface area contributed by atoms with Crippen molar-refractivity contribution in [2.45, 2.75) is 38.8 Å². The lowest BCUT2D eigenvalue weighted by atomic mass is 10.1. The number of carbonyl (C=O) groups excluding carboxylic acids is 1. The molecule has 0 radical (unpaired) electrons. The summed E-state index contributed by atoms with van der Waals surface area (Å²) in [5.74, 6) is -0.127. The molecule has 90 valence electrons. The van der Waals surface area contributed by atoms with Gasteiger partial charge in [-0.3, -0.25) is 10.1 Å². The molecule has 0 saturated carbocycles. The van der Waals surface area contributed by atoms with Crippen LogP contribution in [0.3, 0.4) is 0 Å². The van der Waals surface area contributed by atoms with E-state index in [0.29, 0.717) is 0 Å². The fourth-order valence-electron chi connectivity index (χ4n) is 0.883. The summed E-state index contributed by atoms with van der Waals surface area (Å²) < 4.78 is 0. The van der Waals surface area contributed by atoms with Crippen molar-refractivity contribution < 1.29 is 15.0 Å². The van der Waals surface area contributed by atoms with Crippen LogP contribution in [-0.4, -0.2) is 47.5 Å². The summed E-state index contributed by atoms with van der Waals surface area (Å²) in [5, 5.41) is 23.5. The van der Waals surface area contributed by atoms with E-state index in [9.17, 15) is 4.79 Å². The zero-order valence-corrected chi connectivity index (χ0v) is 9.71. The number of amides is 1. The summed E-state index contributed by atoms with van der Waals surface area (Å²) >= 11 is 0. The first-order chi connectivity index (χ1) is 6.97. The maximum atomic E-state index is 11.4. The molecular weight excluding hydrogens is 196 g/mol. The first kappa shape index (κ1) is 14.3. The van der Waals surface area contributed by atoms with Crippen molar-refractivity contribution in [3.8, 4) is 0 Å². The van der Waals surface area contributed by atoms with Crippen molar-refractivity contribution >= 4 is 5.91 Å². The summed E-state index contributed by atoms with van der Waals surface area (Å²) in [5.41, 5.74) is -0.799. The zero-order chi connectivity index (χ0) is 11.9. The highest BCUT2D eigenvalue weighted by molar-refractivity contribution is 5.78. The molecule has 5 heteroatoms. The second-order valence-electron chi connectivity index (χ2n) is 4.11. The monoisotopic (exact) mass is 218 g/mol. The van der Waals surface area contributed by atoms with E-state index in [1.165, 1.54) is 0 Å². The smallest absolute Gasteiger partial charge is 0.234 e. The maximum absolute atomic E-state index is 11.4. The lowest BCUT2D eigenvalue weighted by Gasteiger charge is -2.26. The van der Waals surface area contributed by atoms with Gasteiger partial charge in [-0.2, -0.15) is 0 Å². The molecule has 0 rings (SSSR count). The van der Waals surface area contributed by atoms with Crippen LogP contribution in [0.1, 0.15) is 27.2 Å². The number of hydrogen-bond donors (Lipinski definition) is 4. The SMILES string of the molecule is CCC(C)NC(=O)CNC(C)(CO)CO. The summed E-state index contributed by atoms with van der Waals surface area (Å²) in [6.45, 7) is 5.25. The Morgan fingerprint density at radius 1 is 1.40 bits per heavy atom. The van der Waals surface area contributed by atoms with Crippen LogP contribution in [0.2, 0.25) is 0 Å². The number of aliphatic hydroxyl groups is 2. The zero-order valence-electron chi connectivity index (χ0n) is 9.71. The predicted molar refractivity (Wildman–Crippen MR) is 58.5 cm³/mol. The Morgan fingerprint density at radius 3 is 2.33 bits per heavy atom. The van der Waals surface area contributed by atoms with Gasteiger partial charge in [0.15, 0.2) is 0 Å². The Morgan fingerprint density at radius 2 is 1.93 bits per heavy atom. The number of nitrogens with one attached hydrogen (secondary N) is 2. The molecule has 0 heterocycles. The van der Waals surface area contributed by atoms with E-state index in [4.69, 9.17) is 10.2 Å². The van der Waals surface area contributed by atoms with Gasteiger partial charge >= 0.3 is 0 Å².